The minimum atomic E-state index is -0.210. The average molecular weight is 235 g/mol. The largest absolute Gasteiger partial charge is 0.386 e. The molecule has 0 spiro atoms. The molecule has 82 valence electrons. The van der Waals surface area contributed by atoms with Crippen LogP contribution in [0.15, 0.2) is 24.7 Å². The maximum atomic E-state index is 11.9. The summed E-state index contributed by atoms with van der Waals surface area (Å²) < 4.78 is 3.66. The number of amides is 1. The molecule has 6 nitrogen and oxygen atoms in total. The first-order valence-electron chi connectivity index (χ1n) is 4.51. The van der Waals surface area contributed by atoms with Crippen LogP contribution in [0.5, 0.6) is 0 Å². The predicted octanol–water partition coefficient (Wildman–Crippen LogP) is 1.23. The zero-order valence-electron chi connectivity index (χ0n) is 8.47. The lowest BCUT2D eigenvalue weighted by Gasteiger charge is -2.06. The van der Waals surface area contributed by atoms with E-state index in [1.807, 2.05) is 0 Å². The van der Waals surface area contributed by atoms with E-state index >= 15 is 0 Å². The number of aromatic nitrogens is 3. The Morgan fingerprint density at radius 1 is 1.44 bits per heavy atom. The number of nitrogens with one attached hydrogen (secondary N) is 2. The highest BCUT2D eigenvalue weighted by Gasteiger charge is 2.11. The fraction of sp³-hybridized carbons (Fsp3) is 0.111. The molecule has 0 aliphatic carbocycles. The Balaban J connectivity index is 2.21. The second-order valence-corrected chi connectivity index (χ2v) is 3.69. The van der Waals surface area contributed by atoms with Crippen molar-refractivity contribution in [3.8, 4) is 0 Å². The third-order valence-electron chi connectivity index (χ3n) is 1.93. The minimum absolute atomic E-state index is 0.210. The van der Waals surface area contributed by atoms with Gasteiger partial charge in [0.1, 0.15) is 5.00 Å². The highest BCUT2D eigenvalue weighted by atomic mass is 32.1. The summed E-state index contributed by atoms with van der Waals surface area (Å²) in [5.41, 5.74) is 1.21. The Labute approximate surface area is 95.9 Å². The van der Waals surface area contributed by atoms with Gasteiger partial charge >= 0.3 is 0 Å². The van der Waals surface area contributed by atoms with E-state index in [1.165, 1.54) is 6.20 Å². The van der Waals surface area contributed by atoms with Gasteiger partial charge in [0, 0.05) is 24.8 Å². The van der Waals surface area contributed by atoms with Crippen molar-refractivity contribution in [1.29, 1.82) is 0 Å². The van der Waals surface area contributed by atoms with Gasteiger partial charge in [0.15, 0.2) is 0 Å². The standard InChI is InChI=1S/C9H9N5OS/c1-10-7-4-11-3-2-6(7)9(15)13-8-5-12-14-16-8/h2-5,10H,1H3,(H,13,15). The van der Waals surface area contributed by atoms with Crippen LogP contribution in [0.4, 0.5) is 10.7 Å². The lowest BCUT2D eigenvalue weighted by atomic mass is 10.2. The van der Waals surface area contributed by atoms with Crippen LogP contribution in [0, 0.1) is 0 Å². The molecule has 2 rings (SSSR count). The van der Waals surface area contributed by atoms with Crippen molar-refractivity contribution < 1.29 is 4.79 Å². The summed E-state index contributed by atoms with van der Waals surface area (Å²) in [6.45, 7) is 0. The lowest BCUT2D eigenvalue weighted by Crippen LogP contribution is -2.13. The highest BCUT2D eigenvalue weighted by Crippen LogP contribution is 2.16. The molecule has 2 N–H and O–H groups in total. The Kier molecular flexibility index (Phi) is 3.06. The number of rotatable bonds is 3. The molecule has 0 saturated carbocycles. The maximum Gasteiger partial charge on any atom is 0.258 e. The number of pyridine rings is 1. The molecular formula is C9H9N5OS. The van der Waals surface area contributed by atoms with E-state index in [0.717, 1.165) is 11.5 Å². The predicted molar refractivity (Wildman–Crippen MR) is 61.6 cm³/mol. The van der Waals surface area contributed by atoms with Crippen molar-refractivity contribution in [2.75, 3.05) is 17.7 Å². The van der Waals surface area contributed by atoms with E-state index in [9.17, 15) is 4.79 Å². The third-order valence-corrected chi connectivity index (χ3v) is 2.51. The zero-order chi connectivity index (χ0) is 11.4. The van der Waals surface area contributed by atoms with Gasteiger partial charge in [-0.05, 0) is 6.07 Å². The van der Waals surface area contributed by atoms with Crippen LogP contribution in [0.25, 0.3) is 0 Å². The first kappa shape index (κ1) is 10.5. The molecule has 0 saturated heterocycles. The average Bonchev–Trinajstić information content (AvgIpc) is 2.81. The summed E-state index contributed by atoms with van der Waals surface area (Å²) in [4.78, 5) is 15.8. The molecule has 0 aromatic carbocycles. The smallest absolute Gasteiger partial charge is 0.258 e. The Hall–Kier alpha value is -2.02. The van der Waals surface area contributed by atoms with E-state index < -0.39 is 0 Å². The first-order chi connectivity index (χ1) is 7.81. The van der Waals surface area contributed by atoms with Gasteiger partial charge in [-0.15, -0.1) is 5.10 Å². The fourth-order valence-corrected chi connectivity index (χ4v) is 1.61. The molecule has 0 bridgehead atoms. The topological polar surface area (TPSA) is 79.8 Å². The highest BCUT2D eigenvalue weighted by molar-refractivity contribution is 7.10. The van der Waals surface area contributed by atoms with Crippen molar-refractivity contribution in [3.05, 3.63) is 30.2 Å². The molecule has 1 amide bonds. The van der Waals surface area contributed by atoms with Gasteiger partial charge in [-0.1, -0.05) is 4.49 Å². The molecule has 0 fully saturated rings. The molecule has 0 unspecified atom stereocenters. The van der Waals surface area contributed by atoms with Gasteiger partial charge in [0.2, 0.25) is 0 Å². The molecule has 7 heteroatoms. The van der Waals surface area contributed by atoms with Crippen LogP contribution in [0.3, 0.4) is 0 Å². The SMILES string of the molecule is CNc1cnccc1C(=O)Nc1cnns1. The molecule has 2 heterocycles. The molecule has 0 aliphatic rings. The summed E-state index contributed by atoms with van der Waals surface area (Å²) in [6, 6.07) is 1.65. The van der Waals surface area contributed by atoms with Crippen molar-refractivity contribution in [3.63, 3.8) is 0 Å². The summed E-state index contributed by atoms with van der Waals surface area (Å²) in [5, 5.41) is 9.86. The van der Waals surface area contributed by atoms with E-state index in [0.29, 0.717) is 16.3 Å². The first-order valence-corrected chi connectivity index (χ1v) is 5.29. The van der Waals surface area contributed by atoms with Gasteiger partial charge < -0.3 is 10.6 Å². The van der Waals surface area contributed by atoms with E-state index in [2.05, 4.69) is 25.2 Å². The number of nitrogens with zero attached hydrogens (tertiary/aromatic N) is 3. The second-order valence-electron chi connectivity index (χ2n) is 2.91. The summed E-state index contributed by atoms with van der Waals surface area (Å²) >= 11 is 1.13. The number of carbonyl (C=O) groups excluding carboxylic acids is 1. The summed E-state index contributed by atoms with van der Waals surface area (Å²) in [6.07, 6.45) is 4.67. The van der Waals surface area contributed by atoms with Crippen LogP contribution in [0.1, 0.15) is 10.4 Å². The van der Waals surface area contributed by atoms with Crippen LogP contribution in [-0.4, -0.2) is 27.5 Å². The van der Waals surface area contributed by atoms with E-state index in [4.69, 9.17) is 0 Å². The summed E-state index contributed by atoms with van der Waals surface area (Å²) in [7, 11) is 1.74. The van der Waals surface area contributed by atoms with Crippen LogP contribution in [0.2, 0.25) is 0 Å². The lowest BCUT2D eigenvalue weighted by molar-refractivity contribution is 0.102. The van der Waals surface area contributed by atoms with Gasteiger partial charge in [-0.3, -0.25) is 9.78 Å². The number of hydrogen-bond acceptors (Lipinski definition) is 6. The molecular weight excluding hydrogens is 226 g/mol. The molecule has 16 heavy (non-hydrogen) atoms. The quantitative estimate of drug-likeness (QED) is 0.836. The van der Waals surface area contributed by atoms with Gasteiger partial charge in [0.25, 0.3) is 5.91 Å². The molecule has 2 aromatic rings. The number of anilines is 2. The van der Waals surface area contributed by atoms with Crippen molar-refractivity contribution in [2.24, 2.45) is 0 Å². The zero-order valence-corrected chi connectivity index (χ0v) is 9.28. The van der Waals surface area contributed by atoms with Gasteiger partial charge in [-0.25, -0.2) is 0 Å². The van der Waals surface area contributed by atoms with Gasteiger partial charge in [-0.2, -0.15) is 0 Å². The molecule has 2 aromatic heterocycles. The molecule has 0 aliphatic heterocycles. The second kappa shape index (κ2) is 4.67. The van der Waals surface area contributed by atoms with Crippen molar-refractivity contribution >= 4 is 28.1 Å². The van der Waals surface area contributed by atoms with Crippen LogP contribution < -0.4 is 10.6 Å². The normalized spacial score (nSPS) is 9.81. The monoisotopic (exact) mass is 235 g/mol. The molecule has 0 atom stereocenters. The number of carbonyl (C=O) groups is 1. The van der Waals surface area contributed by atoms with Crippen LogP contribution in [-0.2, 0) is 0 Å². The Bertz CT molecular complexity index is 484. The van der Waals surface area contributed by atoms with Crippen LogP contribution >= 0.6 is 11.5 Å². The third kappa shape index (κ3) is 2.14. The number of hydrogen-bond donors (Lipinski definition) is 2. The Morgan fingerprint density at radius 2 is 2.31 bits per heavy atom. The summed E-state index contributed by atoms with van der Waals surface area (Å²) in [5.74, 6) is -0.210. The minimum Gasteiger partial charge on any atom is -0.386 e. The fourth-order valence-electron chi connectivity index (χ4n) is 1.19. The van der Waals surface area contributed by atoms with E-state index in [1.54, 1.807) is 25.5 Å². The van der Waals surface area contributed by atoms with Gasteiger partial charge in [0.05, 0.1) is 23.6 Å². The maximum absolute atomic E-state index is 11.9. The molecule has 0 radical (unpaired) electrons. The Morgan fingerprint density at radius 3 is 3.00 bits per heavy atom. The van der Waals surface area contributed by atoms with Crippen molar-refractivity contribution in [2.45, 2.75) is 0 Å². The van der Waals surface area contributed by atoms with Crippen molar-refractivity contribution in [1.82, 2.24) is 14.6 Å². The van der Waals surface area contributed by atoms with E-state index in [-0.39, 0.29) is 5.91 Å².